The molecule has 2 heterocycles. The molecule has 178 valence electrons. The average molecular weight is 483 g/mol. The summed E-state index contributed by atoms with van der Waals surface area (Å²) in [6.07, 6.45) is -3.22. The third-order valence-corrected chi connectivity index (χ3v) is 7.15. The molecule has 0 radical (unpaired) electrons. The number of alkyl halides is 3. The number of hydrogen-bond acceptors (Lipinski definition) is 6. The number of nitrogens with zero attached hydrogens (tertiary/aromatic N) is 3. The maximum atomic E-state index is 12.8. The predicted octanol–water partition coefficient (Wildman–Crippen LogP) is 3.73. The Hall–Kier alpha value is -2.63. The number of fused-ring (bicyclic) bond motifs is 1. The summed E-state index contributed by atoms with van der Waals surface area (Å²) >= 11 is 0. The Morgan fingerprint density at radius 2 is 1.76 bits per heavy atom. The highest BCUT2D eigenvalue weighted by Crippen LogP contribution is 2.30. The Bertz CT molecular complexity index is 1190. The molecule has 0 bridgehead atoms. The van der Waals surface area contributed by atoms with Crippen LogP contribution in [0.15, 0.2) is 57.9 Å². The number of hydrogen-bond donors (Lipinski definition) is 1. The first kappa shape index (κ1) is 23.5. The summed E-state index contributed by atoms with van der Waals surface area (Å²) < 4.78 is 70.9. The summed E-state index contributed by atoms with van der Waals surface area (Å²) in [6.45, 7) is 4.34. The van der Waals surface area contributed by atoms with Crippen molar-refractivity contribution in [2.45, 2.75) is 23.9 Å². The predicted molar refractivity (Wildman–Crippen MR) is 119 cm³/mol. The van der Waals surface area contributed by atoms with E-state index in [2.05, 4.69) is 19.7 Å². The second-order valence-electron chi connectivity index (χ2n) is 7.96. The number of rotatable bonds is 8. The van der Waals surface area contributed by atoms with Crippen molar-refractivity contribution in [1.82, 2.24) is 14.8 Å². The summed E-state index contributed by atoms with van der Waals surface area (Å²) in [6, 6.07) is 11.5. The smallest absolute Gasteiger partial charge is 0.354 e. The molecule has 7 nitrogen and oxygen atoms in total. The molecular formula is C22H25F3N4O3S. The third kappa shape index (κ3) is 5.66. The molecule has 0 amide bonds. The van der Waals surface area contributed by atoms with Crippen molar-refractivity contribution in [3.05, 3.63) is 54.1 Å². The summed E-state index contributed by atoms with van der Waals surface area (Å²) in [4.78, 5) is 4.12. The van der Waals surface area contributed by atoms with Gasteiger partial charge < -0.3 is 9.42 Å². The van der Waals surface area contributed by atoms with E-state index in [1.807, 2.05) is 24.3 Å². The van der Waals surface area contributed by atoms with Gasteiger partial charge in [0, 0.05) is 32.7 Å². The molecule has 11 heteroatoms. The van der Waals surface area contributed by atoms with E-state index in [0.717, 1.165) is 74.1 Å². The first-order valence-corrected chi connectivity index (χ1v) is 12.2. The van der Waals surface area contributed by atoms with E-state index in [-0.39, 0.29) is 11.4 Å². The first-order valence-electron chi connectivity index (χ1n) is 10.7. The van der Waals surface area contributed by atoms with E-state index >= 15 is 0 Å². The van der Waals surface area contributed by atoms with Crippen molar-refractivity contribution < 1.29 is 26.1 Å². The van der Waals surface area contributed by atoms with Gasteiger partial charge in [-0.15, -0.1) is 0 Å². The maximum absolute atomic E-state index is 12.8. The van der Waals surface area contributed by atoms with Gasteiger partial charge in [0.1, 0.15) is 0 Å². The Morgan fingerprint density at radius 1 is 1.00 bits per heavy atom. The van der Waals surface area contributed by atoms with Crippen LogP contribution in [0.5, 0.6) is 0 Å². The number of nitrogens with one attached hydrogen (secondary N) is 1. The van der Waals surface area contributed by atoms with Gasteiger partial charge in [-0.1, -0.05) is 23.4 Å². The van der Waals surface area contributed by atoms with Crippen LogP contribution in [0.25, 0.3) is 11.0 Å². The van der Waals surface area contributed by atoms with Gasteiger partial charge in [0.2, 0.25) is 10.0 Å². The number of para-hydroxylation sites is 1. The molecule has 2 aromatic carbocycles. The number of aromatic nitrogens is 1. The Balaban J connectivity index is 1.20. The van der Waals surface area contributed by atoms with E-state index in [1.165, 1.54) is 0 Å². The molecule has 1 aromatic heterocycles. The van der Waals surface area contributed by atoms with Gasteiger partial charge in [0.25, 0.3) is 0 Å². The lowest BCUT2D eigenvalue weighted by Crippen LogP contribution is -2.46. The van der Waals surface area contributed by atoms with Gasteiger partial charge in [-0.3, -0.25) is 4.90 Å². The van der Waals surface area contributed by atoms with E-state index in [9.17, 15) is 21.6 Å². The standard InChI is InChI=1S/C22H25F3N4O3S/c23-22(24,25)17-6-5-7-18(16-17)33(30,31)26-10-3-4-11-28-12-14-29(15-13-28)21-19-8-1-2-9-20(19)32-27-21/h1-2,5-9,16,26H,3-4,10-15H2. The lowest BCUT2D eigenvalue weighted by Gasteiger charge is -2.34. The molecule has 1 fully saturated rings. The molecule has 33 heavy (non-hydrogen) atoms. The highest BCUT2D eigenvalue weighted by molar-refractivity contribution is 7.89. The zero-order valence-corrected chi connectivity index (χ0v) is 18.7. The third-order valence-electron chi connectivity index (χ3n) is 5.70. The fourth-order valence-electron chi connectivity index (χ4n) is 3.87. The van der Waals surface area contributed by atoms with Gasteiger partial charge in [-0.05, 0) is 49.7 Å². The molecule has 0 spiro atoms. The number of unbranched alkanes of at least 4 members (excludes halogenated alkanes) is 1. The fourth-order valence-corrected chi connectivity index (χ4v) is 4.99. The van der Waals surface area contributed by atoms with Gasteiger partial charge in [0.05, 0.1) is 15.8 Å². The van der Waals surface area contributed by atoms with Crippen molar-refractivity contribution in [2.24, 2.45) is 0 Å². The number of sulfonamides is 1. The van der Waals surface area contributed by atoms with Crippen LogP contribution < -0.4 is 9.62 Å². The van der Waals surface area contributed by atoms with Crippen LogP contribution in [-0.2, 0) is 16.2 Å². The molecule has 0 aliphatic carbocycles. The number of anilines is 1. The average Bonchev–Trinajstić information content (AvgIpc) is 3.23. The number of halogens is 3. The molecule has 0 unspecified atom stereocenters. The second-order valence-corrected chi connectivity index (χ2v) is 9.73. The normalized spacial score (nSPS) is 15.9. The van der Waals surface area contributed by atoms with Gasteiger partial charge in [0.15, 0.2) is 11.4 Å². The molecule has 3 aromatic rings. The van der Waals surface area contributed by atoms with Crippen LogP contribution in [0, 0.1) is 0 Å². The lowest BCUT2D eigenvalue weighted by molar-refractivity contribution is -0.137. The molecule has 1 N–H and O–H groups in total. The van der Waals surface area contributed by atoms with Crippen LogP contribution in [-0.4, -0.2) is 57.7 Å². The Morgan fingerprint density at radius 3 is 2.52 bits per heavy atom. The van der Waals surface area contributed by atoms with E-state index in [1.54, 1.807) is 0 Å². The van der Waals surface area contributed by atoms with Crippen molar-refractivity contribution in [2.75, 3.05) is 44.2 Å². The summed E-state index contributed by atoms with van der Waals surface area (Å²) in [5, 5.41) is 5.20. The van der Waals surface area contributed by atoms with Crippen LogP contribution in [0.2, 0.25) is 0 Å². The zero-order valence-electron chi connectivity index (χ0n) is 17.9. The summed E-state index contributed by atoms with van der Waals surface area (Å²) in [5.74, 6) is 0.856. The molecule has 1 aliphatic heterocycles. The molecule has 0 atom stereocenters. The fraction of sp³-hybridized carbons (Fsp3) is 0.409. The van der Waals surface area contributed by atoms with Crippen LogP contribution in [0.3, 0.4) is 0 Å². The minimum absolute atomic E-state index is 0.170. The quantitative estimate of drug-likeness (QED) is 0.493. The van der Waals surface area contributed by atoms with Crippen LogP contribution >= 0.6 is 0 Å². The highest BCUT2D eigenvalue weighted by Gasteiger charge is 2.31. The Kier molecular flexibility index (Phi) is 6.91. The summed E-state index contributed by atoms with van der Waals surface area (Å²) in [7, 11) is -3.98. The van der Waals surface area contributed by atoms with Crippen LogP contribution in [0.4, 0.5) is 19.0 Å². The van der Waals surface area contributed by atoms with E-state index in [4.69, 9.17) is 4.52 Å². The first-order chi connectivity index (χ1) is 15.7. The minimum Gasteiger partial charge on any atom is -0.354 e. The van der Waals surface area contributed by atoms with Crippen molar-refractivity contribution in [1.29, 1.82) is 0 Å². The molecular weight excluding hydrogens is 457 g/mol. The van der Waals surface area contributed by atoms with Crippen molar-refractivity contribution in [3.63, 3.8) is 0 Å². The number of piperazine rings is 1. The zero-order chi connectivity index (χ0) is 23.5. The van der Waals surface area contributed by atoms with Gasteiger partial charge in [-0.25, -0.2) is 13.1 Å². The van der Waals surface area contributed by atoms with Gasteiger partial charge in [-0.2, -0.15) is 13.2 Å². The molecule has 4 rings (SSSR count). The topological polar surface area (TPSA) is 78.7 Å². The molecule has 0 saturated carbocycles. The monoisotopic (exact) mass is 482 g/mol. The Labute approximate surface area is 190 Å². The molecule has 1 saturated heterocycles. The largest absolute Gasteiger partial charge is 0.416 e. The SMILES string of the molecule is O=S(=O)(NCCCCN1CCN(c2noc3ccccc23)CC1)c1cccc(C(F)(F)F)c1. The summed E-state index contributed by atoms with van der Waals surface area (Å²) in [5.41, 5.74) is -0.217. The van der Waals surface area contributed by atoms with Crippen LogP contribution in [0.1, 0.15) is 18.4 Å². The van der Waals surface area contributed by atoms with Crippen molar-refractivity contribution in [3.8, 4) is 0 Å². The van der Waals surface area contributed by atoms with Crippen molar-refractivity contribution >= 4 is 26.8 Å². The van der Waals surface area contributed by atoms with E-state index < -0.39 is 21.8 Å². The highest BCUT2D eigenvalue weighted by atomic mass is 32.2. The van der Waals surface area contributed by atoms with E-state index in [0.29, 0.717) is 12.5 Å². The maximum Gasteiger partial charge on any atom is 0.416 e. The van der Waals surface area contributed by atoms with Gasteiger partial charge >= 0.3 is 6.18 Å². The lowest BCUT2D eigenvalue weighted by atomic mass is 10.2. The minimum atomic E-state index is -4.59. The molecule has 1 aliphatic rings. The number of benzene rings is 2. The second kappa shape index (κ2) is 9.70.